The van der Waals surface area contributed by atoms with E-state index in [1.807, 2.05) is 32.6 Å². The number of amides is 2. The highest BCUT2D eigenvalue weighted by Crippen LogP contribution is 2.06. The van der Waals surface area contributed by atoms with Gasteiger partial charge in [0.15, 0.2) is 0 Å². The van der Waals surface area contributed by atoms with Gasteiger partial charge in [0.25, 0.3) is 5.91 Å². The van der Waals surface area contributed by atoms with Crippen molar-refractivity contribution in [2.75, 3.05) is 20.2 Å². The van der Waals surface area contributed by atoms with E-state index in [0.29, 0.717) is 25.4 Å². The Hall–Kier alpha value is -1.63. The third kappa shape index (κ3) is 9.89. The van der Waals surface area contributed by atoms with Crippen LogP contribution < -0.4 is 10.9 Å². The molecule has 0 aromatic carbocycles. The fourth-order valence-corrected chi connectivity index (χ4v) is 2.07. The van der Waals surface area contributed by atoms with Crippen LogP contribution in [0.5, 0.6) is 0 Å². The quantitative estimate of drug-likeness (QED) is 0.488. The van der Waals surface area contributed by atoms with Gasteiger partial charge in [-0.25, -0.2) is 0 Å². The van der Waals surface area contributed by atoms with E-state index in [2.05, 4.69) is 15.6 Å². The van der Waals surface area contributed by atoms with E-state index >= 15 is 0 Å². The van der Waals surface area contributed by atoms with Gasteiger partial charge in [0.2, 0.25) is 5.91 Å². The lowest BCUT2D eigenvalue weighted by atomic mass is 10.1. The molecule has 7 heteroatoms. The Balaban J connectivity index is 4.53. The number of carbonyl (C=O) groups is 3. The third-order valence-corrected chi connectivity index (χ3v) is 3.28. The van der Waals surface area contributed by atoms with Gasteiger partial charge in [-0.1, -0.05) is 27.7 Å². The molecule has 0 unspecified atom stereocenters. The summed E-state index contributed by atoms with van der Waals surface area (Å²) in [6, 6.07) is -0.457. The Labute approximate surface area is 139 Å². The van der Waals surface area contributed by atoms with E-state index in [9.17, 15) is 14.4 Å². The first-order valence-corrected chi connectivity index (χ1v) is 8.06. The smallest absolute Gasteiger partial charge is 0.306 e. The highest BCUT2D eigenvalue weighted by Gasteiger charge is 2.23. The second-order valence-corrected chi connectivity index (χ2v) is 6.53. The Morgan fingerprint density at radius 3 is 2.09 bits per heavy atom. The molecule has 0 bridgehead atoms. The van der Waals surface area contributed by atoms with Crippen molar-refractivity contribution in [3.8, 4) is 0 Å². The normalized spacial score (nSPS) is 12.4. The van der Waals surface area contributed by atoms with E-state index in [1.54, 1.807) is 6.92 Å². The molecule has 23 heavy (non-hydrogen) atoms. The second kappa shape index (κ2) is 11.0. The number of nitrogens with zero attached hydrogens (tertiary/aromatic N) is 1. The number of nitrogens with one attached hydrogen (secondary N) is 2. The molecule has 7 nitrogen and oxygen atoms in total. The minimum absolute atomic E-state index is 0.217. The zero-order valence-electron chi connectivity index (χ0n) is 15.1. The summed E-state index contributed by atoms with van der Waals surface area (Å²) in [6.45, 7) is 10.8. The third-order valence-electron chi connectivity index (χ3n) is 3.28. The lowest BCUT2D eigenvalue weighted by molar-refractivity contribution is -0.141. The van der Waals surface area contributed by atoms with E-state index in [0.717, 1.165) is 0 Å². The summed E-state index contributed by atoms with van der Waals surface area (Å²) in [5, 5.41) is 0. The Kier molecular flexibility index (Phi) is 10.2. The maximum absolute atomic E-state index is 12.2. The number of carbonyl (C=O) groups excluding carboxylic acids is 3. The van der Waals surface area contributed by atoms with Crippen LogP contribution in [-0.4, -0.2) is 48.9 Å². The zero-order chi connectivity index (χ0) is 18.0. The molecule has 1 atom stereocenters. The summed E-state index contributed by atoms with van der Waals surface area (Å²) in [6.07, 6.45) is 0.577. The number of methoxy groups -OCH3 is 1. The van der Waals surface area contributed by atoms with Crippen molar-refractivity contribution in [2.24, 2.45) is 11.8 Å². The average Bonchev–Trinajstić information content (AvgIpc) is 2.46. The number of hydrogen-bond donors (Lipinski definition) is 2. The fraction of sp³-hybridized carbons (Fsp3) is 0.812. The minimum atomic E-state index is -0.457. The predicted molar refractivity (Wildman–Crippen MR) is 88.2 cm³/mol. The Bertz CT molecular complexity index is 397. The first kappa shape index (κ1) is 21.4. The van der Waals surface area contributed by atoms with Gasteiger partial charge in [-0.05, 0) is 18.8 Å². The molecular formula is C16H31N3O4. The van der Waals surface area contributed by atoms with Crippen molar-refractivity contribution in [1.29, 1.82) is 0 Å². The average molecular weight is 329 g/mol. The first-order valence-electron chi connectivity index (χ1n) is 8.06. The van der Waals surface area contributed by atoms with Gasteiger partial charge in [-0.3, -0.25) is 30.1 Å². The monoisotopic (exact) mass is 329 g/mol. The van der Waals surface area contributed by atoms with Gasteiger partial charge in [-0.2, -0.15) is 0 Å². The molecule has 0 aliphatic carbocycles. The molecular weight excluding hydrogens is 298 g/mol. The first-order chi connectivity index (χ1) is 10.7. The van der Waals surface area contributed by atoms with Crippen molar-refractivity contribution in [3.63, 3.8) is 0 Å². The van der Waals surface area contributed by atoms with Crippen molar-refractivity contribution in [2.45, 2.75) is 53.5 Å². The summed E-state index contributed by atoms with van der Waals surface area (Å²) in [5.41, 5.74) is 4.87. The Morgan fingerprint density at radius 1 is 1.00 bits per heavy atom. The van der Waals surface area contributed by atoms with E-state index < -0.39 is 6.04 Å². The van der Waals surface area contributed by atoms with Gasteiger partial charge in [0, 0.05) is 19.5 Å². The SMILES string of the molecule is COC(=O)CCN(CC(C)C)[C@@H](C)C(=O)NNC(=O)CC(C)C. The lowest BCUT2D eigenvalue weighted by Gasteiger charge is -2.29. The molecule has 134 valence electrons. The molecule has 2 N–H and O–H groups in total. The lowest BCUT2D eigenvalue weighted by Crippen LogP contribution is -2.52. The molecule has 2 amide bonds. The molecule has 0 aliphatic rings. The van der Waals surface area contributed by atoms with E-state index in [4.69, 9.17) is 0 Å². The van der Waals surface area contributed by atoms with Gasteiger partial charge >= 0.3 is 5.97 Å². The van der Waals surface area contributed by atoms with Crippen molar-refractivity contribution >= 4 is 17.8 Å². The molecule has 0 saturated carbocycles. The second-order valence-electron chi connectivity index (χ2n) is 6.53. The van der Waals surface area contributed by atoms with Gasteiger partial charge < -0.3 is 4.74 Å². The molecule has 0 fully saturated rings. The molecule has 0 saturated heterocycles. The van der Waals surface area contributed by atoms with Gasteiger partial charge in [0.1, 0.15) is 0 Å². The van der Waals surface area contributed by atoms with Crippen LogP contribution in [-0.2, 0) is 19.1 Å². The maximum atomic E-state index is 12.2. The highest BCUT2D eigenvalue weighted by atomic mass is 16.5. The Morgan fingerprint density at radius 2 is 1.61 bits per heavy atom. The minimum Gasteiger partial charge on any atom is -0.469 e. The highest BCUT2D eigenvalue weighted by molar-refractivity contribution is 5.85. The summed E-state index contributed by atoms with van der Waals surface area (Å²) >= 11 is 0. The van der Waals surface area contributed by atoms with Crippen LogP contribution in [0.2, 0.25) is 0 Å². The van der Waals surface area contributed by atoms with Crippen LogP contribution >= 0.6 is 0 Å². The van der Waals surface area contributed by atoms with Gasteiger partial charge in [0.05, 0.1) is 19.6 Å². The summed E-state index contributed by atoms with van der Waals surface area (Å²) in [4.78, 5) is 37.0. The van der Waals surface area contributed by atoms with Crippen LogP contribution in [0, 0.1) is 11.8 Å². The number of hydrazine groups is 1. The standard InChI is InChI=1S/C16H31N3O4/c1-11(2)9-14(20)17-18-16(22)13(5)19(10-12(3)4)8-7-15(21)23-6/h11-13H,7-10H2,1-6H3,(H,17,20)(H,18,22)/t13-/m0/s1. The summed E-state index contributed by atoms with van der Waals surface area (Å²) in [5.74, 6) is -0.255. The molecule has 0 rings (SSSR count). The van der Waals surface area contributed by atoms with Crippen LogP contribution in [0.4, 0.5) is 0 Å². The van der Waals surface area contributed by atoms with Crippen molar-refractivity contribution in [1.82, 2.24) is 15.8 Å². The van der Waals surface area contributed by atoms with Gasteiger partial charge in [-0.15, -0.1) is 0 Å². The fourth-order valence-electron chi connectivity index (χ4n) is 2.07. The van der Waals surface area contributed by atoms with Crippen molar-refractivity contribution in [3.05, 3.63) is 0 Å². The summed E-state index contributed by atoms with van der Waals surface area (Å²) < 4.78 is 4.64. The predicted octanol–water partition coefficient (Wildman–Crippen LogP) is 1.09. The molecule has 0 spiro atoms. The molecule has 0 aromatic rings. The van der Waals surface area contributed by atoms with Crippen LogP contribution in [0.25, 0.3) is 0 Å². The topological polar surface area (TPSA) is 87.7 Å². The molecule has 0 aliphatic heterocycles. The van der Waals surface area contributed by atoms with Crippen LogP contribution in [0.15, 0.2) is 0 Å². The van der Waals surface area contributed by atoms with E-state index in [-0.39, 0.29) is 30.1 Å². The van der Waals surface area contributed by atoms with Crippen molar-refractivity contribution < 1.29 is 19.1 Å². The number of ether oxygens (including phenoxy) is 1. The van der Waals surface area contributed by atoms with Crippen LogP contribution in [0.1, 0.15) is 47.5 Å². The summed E-state index contributed by atoms with van der Waals surface area (Å²) in [7, 11) is 1.34. The number of rotatable bonds is 9. The van der Waals surface area contributed by atoms with E-state index in [1.165, 1.54) is 7.11 Å². The molecule has 0 aromatic heterocycles. The molecule has 0 radical (unpaired) electrons. The number of esters is 1. The zero-order valence-corrected chi connectivity index (χ0v) is 15.1. The largest absolute Gasteiger partial charge is 0.469 e. The molecule has 0 heterocycles. The number of hydrogen-bond acceptors (Lipinski definition) is 5. The van der Waals surface area contributed by atoms with Crippen LogP contribution in [0.3, 0.4) is 0 Å². The maximum Gasteiger partial charge on any atom is 0.306 e.